The fourth-order valence-electron chi connectivity index (χ4n) is 1.83. The molecule has 6 nitrogen and oxygen atoms in total. The molecular weight excluding hydrogens is 292 g/mol. The van der Waals surface area contributed by atoms with Crippen LogP contribution in [-0.2, 0) is 6.54 Å². The molecule has 0 aliphatic rings. The average Bonchev–Trinajstić information content (AvgIpc) is 3.11. The minimum Gasteiger partial charge on any atom is -0.476 e. The second-order valence-corrected chi connectivity index (χ2v) is 5.21. The van der Waals surface area contributed by atoms with Gasteiger partial charge in [-0.3, -0.25) is 4.79 Å². The van der Waals surface area contributed by atoms with Crippen molar-refractivity contribution in [2.24, 2.45) is 0 Å². The number of thiazole rings is 1. The van der Waals surface area contributed by atoms with Crippen molar-refractivity contribution in [1.82, 2.24) is 10.3 Å². The minimum absolute atomic E-state index is 0.0204. The molecule has 7 heteroatoms. The number of aromatic carboxylic acids is 1. The molecule has 0 saturated heterocycles. The number of aromatic nitrogens is 1. The molecule has 0 atom stereocenters. The first-order valence-corrected chi connectivity index (χ1v) is 6.96. The number of carbonyl (C=O) groups excluding carboxylic acids is 1. The van der Waals surface area contributed by atoms with Crippen LogP contribution in [0.25, 0.3) is 11.0 Å². The van der Waals surface area contributed by atoms with E-state index in [-0.39, 0.29) is 23.9 Å². The number of nitrogens with one attached hydrogen (secondary N) is 1. The first kappa shape index (κ1) is 13.3. The number of rotatable bonds is 4. The molecule has 2 aromatic heterocycles. The molecule has 1 aromatic carbocycles. The number of amides is 1. The lowest BCUT2D eigenvalue weighted by Crippen LogP contribution is -2.22. The van der Waals surface area contributed by atoms with Gasteiger partial charge in [-0.05, 0) is 12.1 Å². The van der Waals surface area contributed by atoms with E-state index in [1.807, 2.05) is 18.2 Å². The third kappa shape index (κ3) is 2.77. The van der Waals surface area contributed by atoms with E-state index >= 15 is 0 Å². The Balaban J connectivity index is 1.69. The second-order valence-electron chi connectivity index (χ2n) is 4.26. The quantitative estimate of drug-likeness (QED) is 0.772. The normalized spacial score (nSPS) is 10.7. The number of carboxylic acids is 1. The van der Waals surface area contributed by atoms with Crippen molar-refractivity contribution in [2.75, 3.05) is 0 Å². The summed E-state index contributed by atoms with van der Waals surface area (Å²) >= 11 is 1.18. The number of carboxylic acid groups (broad SMARTS) is 1. The van der Waals surface area contributed by atoms with Gasteiger partial charge in [-0.1, -0.05) is 18.2 Å². The van der Waals surface area contributed by atoms with Gasteiger partial charge in [-0.2, -0.15) is 0 Å². The zero-order valence-electron chi connectivity index (χ0n) is 10.7. The Bertz CT molecular complexity index is 788. The van der Waals surface area contributed by atoms with Crippen LogP contribution in [0.5, 0.6) is 0 Å². The molecule has 0 radical (unpaired) electrons. The Labute approximate surface area is 123 Å². The summed E-state index contributed by atoms with van der Waals surface area (Å²) in [4.78, 5) is 26.6. The average molecular weight is 302 g/mol. The maximum atomic E-state index is 12.0. The summed E-state index contributed by atoms with van der Waals surface area (Å²) in [5.41, 5.74) is 0.623. The fourth-order valence-corrected chi connectivity index (χ4v) is 2.53. The summed E-state index contributed by atoms with van der Waals surface area (Å²) in [5, 5.41) is 14.2. The van der Waals surface area contributed by atoms with E-state index in [4.69, 9.17) is 9.52 Å². The van der Waals surface area contributed by atoms with Crippen LogP contribution in [0, 0.1) is 0 Å². The Morgan fingerprint density at radius 1 is 1.33 bits per heavy atom. The molecule has 2 N–H and O–H groups in total. The SMILES string of the molecule is O=C(O)c1csc(CNC(=O)c2cc3ccccc3o2)n1. The van der Waals surface area contributed by atoms with Crippen LogP contribution in [-0.4, -0.2) is 22.0 Å². The molecule has 0 aliphatic carbocycles. The van der Waals surface area contributed by atoms with Crippen molar-refractivity contribution in [2.45, 2.75) is 6.54 Å². The lowest BCUT2D eigenvalue weighted by atomic mass is 10.2. The number of carbonyl (C=O) groups is 2. The van der Waals surface area contributed by atoms with E-state index in [0.29, 0.717) is 10.6 Å². The molecule has 0 fully saturated rings. The van der Waals surface area contributed by atoms with Crippen LogP contribution >= 0.6 is 11.3 Å². The molecule has 3 rings (SSSR count). The molecule has 2 heterocycles. The summed E-state index contributed by atoms with van der Waals surface area (Å²) in [6.07, 6.45) is 0. The first-order chi connectivity index (χ1) is 10.1. The highest BCUT2D eigenvalue weighted by atomic mass is 32.1. The van der Waals surface area contributed by atoms with E-state index in [1.54, 1.807) is 12.1 Å². The molecule has 21 heavy (non-hydrogen) atoms. The Morgan fingerprint density at radius 2 is 2.14 bits per heavy atom. The van der Waals surface area contributed by atoms with E-state index in [1.165, 1.54) is 16.7 Å². The number of fused-ring (bicyclic) bond motifs is 1. The van der Waals surface area contributed by atoms with Gasteiger partial charge in [0.2, 0.25) is 0 Å². The Morgan fingerprint density at radius 3 is 2.86 bits per heavy atom. The van der Waals surface area contributed by atoms with Crippen molar-refractivity contribution in [3.8, 4) is 0 Å². The lowest BCUT2D eigenvalue weighted by molar-refractivity contribution is 0.0691. The number of hydrogen-bond acceptors (Lipinski definition) is 5. The summed E-state index contributed by atoms with van der Waals surface area (Å²) in [6.45, 7) is 0.161. The highest BCUT2D eigenvalue weighted by Gasteiger charge is 2.13. The zero-order valence-corrected chi connectivity index (χ0v) is 11.5. The van der Waals surface area contributed by atoms with Gasteiger partial charge < -0.3 is 14.8 Å². The number of hydrogen-bond donors (Lipinski definition) is 2. The van der Waals surface area contributed by atoms with Crippen LogP contribution < -0.4 is 5.32 Å². The van der Waals surface area contributed by atoms with Crippen molar-refractivity contribution in [3.63, 3.8) is 0 Å². The van der Waals surface area contributed by atoms with E-state index in [2.05, 4.69) is 10.3 Å². The first-order valence-electron chi connectivity index (χ1n) is 6.08. The van der Waals surface area contributed by atoms with Crippen LogP contribution in [0.4, 0.5) is 0 Å². The predicted molar refractivity (Wildman–Crippen MR) is 76.5 cm³/mol. The third-order valence-electron chi connectivity index (χ3n) is 2.82. The van der Waals surface area contributed by atoms with Gasteiger partial charge in [0.15, 0.2) is 11.5 Å². The topological polar surface area (TPSA) is 92.4 Å². The molecule has 3 aromatic rings. The minimum atomic E-state index is -1.08. The monoisotopic (exact) mass is 302 g/mol. The summed E-state index contributed by atoms with van der Waals surface area (Å²) in [5.74, 6) is -1.23. The van der Waals surface area contributed by atoms with Crippen molar-refractivity contribution in [3.05, 3.63) is 52.2 Å². The van der Waals surface area contributed by atoms with Gasteiger partial charge in [0.05, 0.1) is 6.54 Å². The fraction of sp³-hybridized carbons (Fsp3) is 0.0714. The smallest absolute Gasteiger partial charge is 0.355 e. The third-order valence-corrected chi connectivity index (χ3v) is 3.67. The molecule has 0 spiro atoms. The van der Waals surface area contributed by atoms with Crippen LogP contribution in [0.15, 0.2) is 40.1 Å². The van der Waals surface area contributed by atoms with Gasteiger partial charge >= 0.3 is 5.97 Å². The Kier molecular flexibility index (Phi) is 3.41. The summed E-state index contributed by atoms with van der Waals surface area (Å²) < 4.78 is 5.44. The number of para-hydroxylation sites is 1. The van der Waals surface area contributed by atoms with Crippen molar-refractivity contribution >= 4 is 34.2 Å². The molecule has 1 amide bonds. The predicted octanol–water partition coefficient (Wildman–Crippen LogP) is 2.52. The molecule has 106 valence electrons. The number of nitrogens with zero attached hydrogens (tertiary/aromatic N) is 1. The summed E-state index contributed by atoms with van der Waals surface area (Å²) in [7, 11) is 0. The summed E-state index contributed by atoms with van der Waals surface area (Å²) in [6, 6.07) is 9.00. The largest absolute Gasteiger partial charge is 0.476 e. The van der Waals surface area contributed by atoms with E-state index < -0.39 is 5.97 Å². The van der Waals surface area contributed by atoms with Crippen molar-refractivity contribution < 1.29 is 19.1 Å². The zero-order chi connectivity index (χ0) is 14.8. The molecule has 0 aliphatic heterocycles. The van der Waals surface area contributed by atoms with Gasteiger partial charge in [0.25, 0.3) is 5.91 Å². The highest BCUT2D eigenvalue weighted by molar-refractivity contribution is 7.09. The standard InChI is InChI=1S/C14H10N2O4S/c17-13(11-5-8-3-1-2-4-10(8)20-11)15-6-12-16-9(7-21-12)14(18)19/h1-5,7H,6H2,(H,15,17)(H,18,19). The number of furan rings is 1. The maximum absolute atomic E-state index is 12.0. The van der Waals surface area contributed by atoms with Gasteiger partial charge in [-0.25, -0.2) is 9.78 Å². The van der Waals surface area contributed by atoms with Crippen LogP contribution in [0.3, 0.4) is 0 Å². The molecule has 0 saturated carbocycles. The van der Waals surface area contributed by atoms with E-state index in [0.717, 1.165) is 5.39 Å². The van der Waals surface area contributed by atoms with E-state index in [9.17, 15) is 9.59 Å². The van der Waals surface area contributed by atoms with Gasteiger partial charge in [0.1, 0.15) is 10.6 Å². The van der Waals surface area contributed by atoms with Gasteiger partial charge in [-0.15, -0.1) is 11.3 Å². The molecular formula is C14H10N2O4S. The van der Waals surface area contributed by atoms with Crippen LogP contribution in [0.2, 0.25) is 0 Å². The second kappa shape index (κ2) is 5.37. The number of benzene rings is 1. The molecule has 0 bridgehead atoms. The lowest BCUT2D eigenvalue weighted by Gasteiger charge is -1.99. The Hall–Kier alpha value is -2.67. The molecule has 0 unspecified atom stereocenters. The maximum Gasteiger partial charge on any atom is 0.355 e. The van der Waals surface area contributed by atoms with Gasteiger partial charge in [0, 0.05) is 10.8 Å². The highest BCUT2D eigenvalue weighted by Crippen LogP contribution is 2.18. The van der Waals surface area contributed by atoms with Crippen molar-refractivity contribution in [1.29, 1.82) is 0 Å². The van der Waals surface area contributed by atoms with Crippen LogP contribution in [0.1, 0.15) is 26.1 Å².